The summed E-state index contributed by atoms with van der Waals surface area (Å²) in [6.07, 6.45) is 4.41. The van der Waals surface area contributed by atoms with Crippen molar-refractivity contribution in [1.82, 2.24) is 19.6 Å². The van der Waals surface area contributed by atoms with Gasteiger partial charge in [0.1, 0.15) is 0 Å². The number of fused-ring (bicyclic) bond motifs is 2. The third-order valence-electron chi connectivity index (χ3n) is 5.66. The SMILES string of the molecule is CNS(=O)(=O)NC1C[C@@H]2C[C@@](O)(c3cc(Cl)cc4[nH]ncc34)C[C@@H]2C1. The van der Waals surface area contributed by atoms with Crippen molar-refractivity contribution in [3.05, 3.63) is 28.9 Å². The first-order valence-electron chi connectivity index (χ1n) is 8.36. The number of aromatic amines is 1. The molecule has 4 rings (SSSR count). The quantitative estimate of drug-likeness (QED) is 0.642. The number of rotatable bonds is 4. The summed E-state index contributed by atoms with van der Waals surface area (Å²) in [5.74, 6) is 0.575. The Labute approximate surface area is 151 Å². The van der Waals surface area contributed by atoms with Crippen LogP contribution in [0.1, 0.15) is 31.2 Å². The van der Waals surface area contributed by atoms with Crippen molar-refractivity contribution in [2.75, 3.05) is 7.05 Å². The molecular formula is C16H21ClN4O3S. The van der Waals surface area contributed by atoms with Crippen LogP contribution in [0.3, 0.4) is 0 Å². The fraction of sp³-hybridized carbons (Fsp3) is 0.562. The lowest BCUT2D eigenvalue weighted by Gasteiger charge is -2.26. The monoisotopic (exact) mass is 384 g/mol. The summed E-state index contributed by atoms with van der Waals surface area (Å²) in [6.45, 7) is 0. The molecule has 1 heterocycles. The first kappa shape index (κ1) is 17.2. The molecule has 0 saturated heterocycles. The Hall–Kier alpha value is -1.19. The van der Waals surface area contributed by atoms with Crippen LogP contribution in [-0.4, -0.2) is 36.8 Å². The number of aromatic nitrogens is 2. The number of benzene rings is 1. The normalized spacial score (nSPS) is 32.4. The van der Waals surface area contributed by atoms with E-state index < -0.39 is 15.8 Å². The summed E-state index contributed by atoms with van der Waals surface area (Å²) in [5, 5.41) is 19.7. The number of nitrogens with zero attached hydrogens (tertiary/aromatic N) is 1. The minimum absolute atomic E-state index is 0.0784. The molecule has 2 aliphatic rings. The predicted octanol–water partition coefficient (Wildman–Crippen LogP) is 1.65. The molecule has 2 aromatic rings. The third kappa shape index (κ3) is 3.06. The van der Waals surface area contributed by atoms with Gasteiger partial charge < -0.3 is 5.11 Å². The van der Waals surface area contributed by atoms with Gasteiger partial charge in [-0.1, -0.05) is 11.6 Å². The Balaban J connectivity index is 1.56. The van der Waals surface area contributed by atoms with Crippen molar-refractivity contribution >= 4 is 32.7 Å². The van der Waals surface area contributed by atoms with Crippen molar-refractivity contribution < 1.29 is 13.5 Å². The van der Waals surface area contributed by atoms with Gasteiger partial charge in [-0.2, -0.15) is 18.2 Å². The molecule has 0 bridgehead atoms. The maximum absolute atomic E-state index is 11.7. The molecule has 0 spiro atoms. The molecule has 0 aliphatic heterocycles. The molecule has 7 nitrogen and oxygen atoms in total. The van der Waals surface area contributed by atoms with Crippen LogP contribution in [0.4, 0.5) is 0 Å². The van der Waals surface area contributed by atoms with E-state index in [1.165, 1.54) is 7.05 Å². The van der Waals surface area contributed by atoms with E-state index in [0.717, 1.165) is 29.3 Å². The molecular weight excluding hydrogens is 364 g/mol. The second-order valence-corrected chi connectivity index (χ2v) is 9.33. The Kier molecular flexibility index (Phi) is 4.08. The van der Waals surface area contributed by atoms with Crippen LogP contribution in [0, 0.1) is 11.8 Å². The van der Waals surface area contributed by atoms with Gasteiger partial charge in [0.05, 0.1) is 17.3 Å². The minimum atomic E-state index is -3.43. The van der Waals surface area contributed by atoms with Crippen LogP contribution in [0.15, 0.2) is 18.3 Å². The number of H-pyrrole nitrogens is 1. The first-order valence-corrected chi connectivity index (χ1v) is 10.2. The zero-order valence-corrected chi connectivity index (χ0v) is 15.4. The molecule has 0 radical (unpaired) electrons. The fourth-order valence-electron chi connectivity index (χ4n) is 4.66. The molecule has 136 valence electrons. The molecule has 0 amide bonds. The van der Waals surface area contributed by atoms with Crippen molar-refractivity contribution in [3.63, 3.8) is 0 Å². The lowest BCUT2D eigenvalue weighted by molar-refractivity contribution is 0.0360. The van der Waals surface area contributed by atoms with Gasteiger partial charge in [-0.05, 0) is 55.2 Å². The van der Waals surface area contributed by atoms with E-state index in [9.17, 15) is 13.5 Å². The zero-order valence-electron chi connectivity index (χ0n) is 13.8. The number of halogens is 1. The molecule has 9 heteroatoms. The summed E-state index contributed by atoms with van der Waals surface area (Å²) in [5.41, 5.74) is 0.674. The zero-order chi connectivity index (χ0) is 17.8. The number of aliphatic hydroxyl groups is 1. The van der Waals surface area contributed by atoms with Crippen molar-refractivity contribution in [1.29, 1.82) is 0 Å². The lowest BCUT2D eigenvalue weighted by Crippen LogP contribution is -2.40. The average Bonchev–Trinajstić information content (AvgIpc) is 3.19. The van der Waals surface area contributed by atoms with Crippen LogP contribution in [-0.2, 0) is 15.8 Å². The largest absolute Gasteiger partial charge is 0.385 e. The summed E-state index contributed by atoms with van der Waals surface area (Å²) >= 11 is 6.21. The van der Waals surface area contributed by atoms with E-state index in [0.29, 0.717) is 17.9 Å². The molecule has 4 N–H and O–H groups in total. The molecule has 1 unspecified atom stereocenters. The summed E-state index contributed by atoms with van der Waals surface area (Å²) in [7, 11) is -2.04. The highest BCUT2D eigenvalue weighted by Crippen LogP contribution is 2.54. The highest BCUT2D eigenvalue weighted by atomic mass is 35.5. The summed E-state index contributed by atoms with van der Waals surface area (Å²) in [4.78, 5) is 0. The number of nitrogens with one attached hydrogen (secondary N) is 3. The van der Waals surface area contributed by atoms with E-state index in [2.05, 4.69) is 19.6 Å². The fourth-order valence-corrected chi connectivity index (χ4v) is 5.63. The van der Waals surface area contributed by atoms with Crippen molar-refractivity contribution in [2.45, 2.75) is 37.3 Å². The highest BCUT2D eigenvalue weighted by Gasteiger charge is 2.50. The van der Waals surface area contributed by atoms with Gasteiger partial charge in [-0.25, -0.2) is 4.72 Å². The number of hydrogen-bond acceptors (Lipinski definition) is 4. The van der Waals surface area contributed by atoms with Gasteiger partial charge in [-0.3, -0.25) is 5.10 Å². The standard InChI is InChI=1S/C16H21ClN4O3S/c1-18-25(23,24)21-12-2-9-6-16(22,7-10(9)3-12)14-4-11(17)5-15-13(14)8-19-20-15/h4-5,8-10,12,18,21-22H,2-3,6-7H2,1H3,(H,19,20)/t9-,10+,12?,16+. The van der Waals surface area contributed by atoms with E-state index >= 15 is 0 Å². The van der Waals surface area contributed by atoms with Gasteiger partial charge in [0.2, 0.25) is 0 Å². The van der Waals surface area contributed by atoms with Gasteiger partial charge in [-0.15, -0.1) is 0 Å². The Morgan fingerprint density at radius 3 is 2.64 bits per heavy atom. The third-order valence-corrected chi connectivity index (χ3v) is 7.06. The second-order valence-electron chi connectivity index (χ2n) is 7.24. The van der Waals surface area contributed by atoms with E-state index in [4.69, 9.17) is 11.6 Å². The van der Waals surface area contributed by atoms with Crippen molar-refractivity contribution in [2.24, 2.45) is 11.8 Å². The van der Waals surface area contributed by atoms with Crippen LogP contribution in [0.5, 0.6) is 0 Å². The summed E-state index contributed by atoms with van der Waals surface area (Å²) in [6, 6.07) is 3.54. The van der Waals surface area contributed by atoms with Gasteiger partial charge in [0, 0.05) is 23.5 Å². The van der Waals surface area contributed by atoms with Gasteiger partial charge in [0.25, 0.3) is 10.2 Å². The van der Waals surface area contributed by atoms with Gasteiger partial charge >= 0.3 is 0 Å². The van der Waals surface area contributed by atoms with Crippen LogP contribution in [0.2, 0.25) is 5.02 Å². The first-order chi connectivity index (χ1) is 11.8. The molecule has 1 aromatic carbocycles. The Morgan fingerprint density at radius 2 is 2.00 bits per heavy atom. The molecule has 4 atom stereocenters. The average molecular weight is 385 g/mol. The molecule has 1 aromatic heterocycles. The van der Waals surface area contributed by atoms with Crippen LogP contribution >= 0.6 is 11.6 Å². The molecule has 2 aliphatic carbocycles. The topological polar surface area (TPSA) is 107 Å². The van der Waals surface area contributed by atoms with Crippen LogP contribution < -0.4 is 9.44 Å². The summed E-state index contributed by atoms with van der Waals surface area (Å²) < 4.78 is 28.3. The second kappa shape index (κ2) is 5.92. The maximum Gasteiger partial charge on any atom is 0.276 e. The molecule has 25 heavy (non-hydrogen) atoms. The smallest absolute Gasteiger partial charge is 0.276 e. The van der Waals surface area contributed by atoms with E-state index in [-0.39, 0.29) is 17.9 Å². The lowest BCUT2D eigenvalue weighted by atomic mass is 9.87. The molecule has 2 saturated carbocycles. The van der Waals surface area contributed by atoms with E-state index in [1.807, 2.05) is 6.07 Å². The Morgan fingerprint density at radius 1 is 1.32 bits per heavy atom. The Bertz CT molecular complexity index is 899. The van der Waals surface area contributed by atoms with Crippen molar-refractivity contribution in [3.8, 4) is 0 Å². The predicted molar refractivity (Wildman–Crippen MR) is 95.4 cm³/mol. The maximum atomic E-state index is 11.7. The van der Waals surface area contributed by atoms with Gasteiger partial charge in [0.15, 0.2) is 0 Å². The van der Waals surface area contributed by atoms with E-state index in [1.54, 1.807) is 12.3 Å². The number of hydrogen-bond donors (Lipinski definition) is 4. The molecule has 2 fully saturated rings. The minimum Gasteiger partial charge on any atom is -0.385 e. The highest BCUT2D eigenvalue weighted by molar-refractivity contribution is 7.87. The van der Waals surface area contributed by atoms with Crippen LogP contribution in [0.25, 0.3) is 10.9 Å².